The fourth-order valence-electron chi connectivity index (χ4n) is 0.319. The van der Waals surface area contributed by atoms with E-state index in [1.807, 2.05) is 13.0 Å². The van der Waals surface area contributed by atoms with Gasteiger partial charge in [-0.1, -0.05) is 26.8 Å². The highest BCUT2D eigenvalue weighted by Crippen LogP contribution is 1.92. The molecule has 0 N–H and O–H groups in total. The minimum Gasteiger partial charge on any atom is -0.497 e. The maximum Gasteiger partial charge on any atom is 0.114 e. The highest BCUT2D eigenvalue weighted by molar-refractivity contribution is 5.06. The van der Waals surface area contributed by atoms with Crippen molar-refractivity contribution in [3.63, 3.8) is 0 Å². The molecule has 0 radical (unpaired) electrons. The van der Waals surface area contributed by atoms with Crippen LogP contribution < -0.4 is 0 Å². The molecular formula is C9H18O. The summed E-state index contributed by atoms with van der Waals surface area (Å²) in [4.78, 5) is 0. The minimum absolute atomic E-state index is 0.819. The molecule has 0 aliphatic rings. The van der Waals surface area contributed by atoms with Crippen molar-refractivity contribution in [1.82, 2.24) is 0 Å². The predicted molar refractivity (Wildman–Crippen MR) is 46.9 cm³/mol. The summed E-state index contributed by atoms with van der Waals surface area (Å²) in [6.07, 6.45) is 4.77. The van der Waals surface area contributed by atoms with Crippen LogP contribution in [0.5, 0.6) is 0 Å². The van der Waals surface area contributed by atoms with Crippen molar-refractivity contribution in [3.05, 3.63) is 24.5 Å². The first-order chi connectivity index (χ1) is 4.76. The van der Waals surface area contributed by atoms with Gasteiger partial charge < -0.3 is 4.74 Å². The summed E-state index contributed by atoms with van der Waals surface area (Å²) in [7, 11) is 1.62. The lowest BCUT2D eigenvalue weighted by Crippen LogP contribution is -1.76. The van der Waals surface area contributed by atoms with Crippen LogP contribution in [0.3, 0.4) is 0 Å². The minimum atomic E-state index is 0.819. The molecule has 0 bridgehead atoms. The molecule has 0 atom stereocenters. The molecule has 0 saturated heterocycles. The third kappa shape index (κ3) is 10.3. The molecule has 0 spiro atoms. The molecule has 10 heavy (non-hydrogen) atoms. The van der Waals surface area contributed by atoms with Gasteiger partial charge in [0.25, 0.3) is 0 Å². The van der Waals surface area contributed by atoms with Gasteiger partial charge in [0.15, 0.2) is 0 Å². The van der Waals surface area contributed by atoms with Crippen LogP contribution in [-0.2, 0) is 4.74 Å². The maximum absolute atomic E-state index is 4.79. The monoisotopic (exact) mass is 142 g/mol. The fraction of sp³-hybridized carbons (Fsp3) is 0.556. The Morgan fingerprint density at radius 3 is 1.90 bits per heavy atom. The van der Waals surface area contributed by atoms with Gasteiger partial charge in [-0.15, -0.1) is 0 Å². The molecule has 1 nitrogen and oxygen atoms in total. The van der Waals surface area contributed by atoms with Crippen LogP contribution in [0.2, 0.25) is 0 Å². The lowest BCUT2D eigenvalue weighted by Gasteiger charge is -1.93. The lowest BCUT2D eigenvalue weighted by molar-refractivity contribution is 0.306. The summed E-state index contributed by atoms with van der Waals surface area (Å²) in [6, 6.07) is 0. The van der Waals surface area contributed by atoms with Crippen LogP contribution in [0.25, 0.3) is 0 Å². The molecule has 0 amide bonds. The van der Waals surface area contributed by atoms with Crippen molar-refractivity contribution >= 4 is 0 Å². The van der Waals surface area contributed by atoms with Crippen LogP contribution in [-0.4, -0.2) is 7.11 Å². The highest BCUT2D eigenvalue weighted by atomic mass is 16.5. The Kier molecular flexibility index (Phi) is 13.4. The second-order valence-electron chi connectivity index (χ2n) is 1.81. The van der Waals surface area contributed by atoms with Crippen LogP contribution in [0, 0.1) is 0 Å². The van der Waals surface area contributed by atoms with E-state index >= 15 is 0 Å². The first kappa shape index (κ1) is 12.0. The molecule has 0 aromatic heterocycles. The molecule has 1 heteroatoms. The third-order valence-electron chi connectivity index (χ3n) is 0.721. The highest BCUT2D eigenvalue weighted by Gasteiger charge is 1.77. The van der Waals surface area contributed by atoms with Gasteiger partial charge >= 0.3 is 0 Å². The van der Waals surface area contributed by atoms with Crippen molar-refractivity contribution in [3.8, 4) is 0 Å². The van der Waals surface area contributed by atoms with Crippen molar-refractivity contribution in [2.24, 2.45) is 0 Å². The first-order valence-corrected chi connectivity index (χ1v) is 3.59. The fourth-order valence-corrected chi connectivity index (χ4v) is 0.319. The summed E-state index contributed by atoms with van der Waals surface area (Å²) in [5.74, 6) is 0.819. The first-order valence-electron chi connectivity index (χ1n) is 3.59. The van der Waals surface area contributed by atoms with Crippen LogP contribution in [0.4, 0.5) is 0 Å². The van der Waals surface area contributed by atoms with Gasteiger partial charge in [-0.2, -0.15) is 0 Å². The topological polar surface area (TPSA) is 9.23 Å². The Morgan fingerprint density at radius 1 is 1.50 bits per heavy atom. The zero-order chi connectivity index (χ0) is 8.41. The van der Waals surface area contributed by atoms with Crippen LogP contribution in [0.15, 0.2) is 24.5 Å². The standard InChI is InChI=1S/C6H10O.C3H8/c1-4-6(5-2)7-3;1-3-2/h4-5H,1H2,2-3H3;3H2,1-2H3/b6-5+;. The zero-order valence-electron chi connectivity index (χ0n) is 7.48. The Bertz CT molecular complexity index is 92.9. The third-order valence-corrected chi connectivity index (χ3v) is 0.721. The molecule has 0 aliphatic heterocycles. The van der Waals surface area contributed by atoms with E-state index in [0.717, 1.165) is 5.76 Å². The van der Waals surface area contributed by atoms with Crippen molar-refractivity contribution in [1.29, 1.82) is 0 Å². The number of methoxy groups -OCH3 is 1. The SMILES string of the molecule is C=C/C(=C\C)OC.CCC. The summed E-state index contributed by atoms with van der Waals surface area (Å²) in [6.45, 7) is 9.66. The van der Waals surface area contributed by atoms with E-state index in [1.54, 1.807) is 13.2 Å². The predicted octanol–water partition coefficient (Wildman–Crippen LogP) is 3.14. The van der Waals surface area contributed by atoms with Gasteiger partial charge in [-0.3, -0.25) is 0 Å². The maximum atomic E-state index is 4.79. The van der Waals surface area contributed by atoms with Crippen LogP contribution >= 0.6 is 0 Å². The Labute approximate surface area is 64.4 Å². The number of allylic oxidation sites excluding steroid dienone is 2. The summed E-state index contributed by atoms with van der Waals surface area (Å²) in [5, 5.41) is 0. The van der Waals surface area contributed by atoms with E-state index in [0.29, 0.717) is 0 Å². The summed E-state index contributed by atoms with van der Waals surface area (Å²) >= 11 is 0. The van der Waals surface area contributed by atoms with Gasteiger partial charge in [0.1, 0.15) is 5.76 Å². The molecule has 0 rings (SSSR count). The largest absolute Gasteiger partial charge is 0.497 e. The quantitative estimate of drug-likeness (QED) is 0.425. The molecule has 0 heterocycles. The number of hydrogen-bond donors (Lipinski definition) is 0. The van der Waals surface area contributed by atoms with Gasteiger partial charge in [0, 0.05) is 0 Å². The second-order valence-corrected chi connectivity index (χ2v) is 1.81. The summed E-state index contributed by atoms with van der Waals surface area (Å²) in [5.41, 5.74) is 0. The molecule has 0 saturated carbocycles. The van der Waals surface area contributed by atoms with E-state index in [-0.39, 0.29) is 0 Å². The van der Waals surface area contributed by atoms with E-state index in [9.17, 15) is 0 Å². The normalized spacial score (nSPS) is 9.40. The van der Waals surface area contributed by atoms with E-state index < -0.39 is 0 Å². The molecule has 0 aliphatic carbocycles. The van der Waals surface area contributed by atoms with Crippen molar-refractivity contribution < 1.29 is 4.74 Å². The Hall–Kier alpha value is -0.720. The summed E-state index contributed by atoms with van der Waals surface area (Å²) < 4.78 is 4.79. The molecule has 0 unspecified atom stereocenters. The van der Waals surface area contributed by atoms with Crippen LogP contribution in [0.1, 0.15) is 27.2 Å². The zero-order valence-corrected chi connectivity index (χ0v) is 7.48. The average Bonchev–Trinajstić information content (AvgIpc) is 1.93. The molecule has 0 aromatic rings. The Morgan fingerprint density at radius 2 is 1.90 bits per heavy atom. The van der Waals surface area contributed by atoms with Gasteiger partial charge in [-0.25, -0.2) is 0 Å². The van der Waals surface area contributed by atoms with Crippen molar-refractivity contribution in [2.45, 2.75) is 27.2 Å². The van der Waals surface area contributed by atoms with Gasteiger partial charge in [0.05, 0.1) is 7.11 Å². The number of hydrogen-bond acceptors (Lipinski definition) is 1. The second kappa shape index (κ2) is 11.1. The molecule has 0 fully saturated rings. The Balaban J connectivity index is 0. The van der Waals surface area contributed by atoms with E-state index in [4.69, 9.17) is 4.74 Å². The average molecular weight is 142 g/mol. The smallest absolute Gasteiger partial charge is 0.114 e. The van der Waals surface area contributed by atoms with Gasteiger partial charge in [-0.05, 0) is 19.1 Å². The lowest BCUT2D eigenvalue weighted by atomic mass is 10.5. The van der Waals surface area contributed by atoms with E-state index in [2.05, 4.69) is 20.4 Å². The molecular weight excluding hydrogens is 124 g/mol. The number of rotatable bonds is 2. The molecule has 0 aromatic carbocycles. The van der Waals surface area contributed by atoms with E-state index in [1.165, 1.54) is 6.42 Å². The van der Waals surface area contributed by atoms with Gasteiger partial charge in [0.2, 0.25) is 0 Å². The van der Waals surface area contributed by atoms with Crippen molar-refractivity contribution in [2.75, 3.05) is 7.11 Å². The number of ether oxygens (including phenoxy) is 1. The molecule has 60 valence electrons.